The van der Waals surface area contributed by atoms with Crippen molar-refractivity contribution in [2.45, 2.75) is 71.8 Å². The first-order valence-electron chi connectivity index (χ1n) is 14.2. The van der Waals surface area contributed by atoms with Crippen molar-refractivity contribution in [3.05, 3.63) is 59.4 Å². The highest BCUT2D eigenvalue weighted by atomic mass is 35.5. The summed E-state index contributed by atoms with van der Waals surface area (Å²) in [5.74, 6) is 1.14. The monoisotopic (exact) mass is 555 g/mol. The lowest BCUT2D eigenvalue weighted by atomic mass is 9.96. The molecule has 1 amide bonds. The Balaban J connectivity index is 1.22. The largest absolute Gasteiger partial charge is 0.360 e. The topological polar surface area (TPSA) is 80.1 Å². The maximum absolute atomic E-state index is 12.4. The van der Waals surface area contributed by atoms with Gasteiger partial charge in [-0.25, -0.2) is 15.3 Å². The van der Waals surface area contributed by atoms with E-state index in [2.05, 4.69) is 57.1 Å². The zero-order valence-electron chi connectivity index (χ0n) is 23.3. The Hall–Kier alpha value is -2.65. The summed E-state index contributed by atoms with van der Waals surface area (Å²) in [6.07, 6.45) is 11.0. The smallest absolute Gasteiger partial charge is 0.276 e. The van der Waals surface area contributed by atoms with Crippen molar-refractivity contribution in [1.82, 2.24) is 20.3 Å². The third-order valence-corrected chi connectivity index (χ3v) is 7.74. The second kappa shape index (κ2) is 14.7. The molecule has 0 radical (unpaired) electrons. The molecule has 0 saturated carbocycles. The van der Waals surface area contributed by atoms with E-state index in [1.54, 1.807) is 6.20 Å². The van der Waals surface area contributed by atoms with Crippen LogP contribution >= 0.6 is 11.6 Å². The summed E-state index contributed by atoms with van der Waals surface area (Å²) in [4.78, 5) is 24.6. The zero-order valence-corrected chi connectivity index (χ0v) is 24.0. The van der Waals surface area contributed by atoms with Crippen LogP contribution in [-0.2, 0) is 27.5 Å². The minimum Gasteiger partial charge on any atom is -0.360 e. The minimum atomic E-state index is -0.393. The van der Waals surface area contributed by atoms with Crippen LogP contribution in [0.4, 0.5) is 0 Å². The molecule has 1 atom stereocenters. The van der Waals surface area contributed by atoms with Gasteiger partial charge in [0.25, 0.3) is 5.91 Å². The van der Waals surface area contributed by atoms with Gasteiger partial charge in [0.05, 0.1) is 5.57 Å². The van der Waals surface area contributed by atoms with Crippen molar-refractivity contribution in [2.24, 2.45) is 10.9 Å². The number of hydrogen-bond acceptors (Lipinski definition) is 5. The number of halogens is 1. The quantitative estimate of drug-likeness (QED) is 0.125. The van der Waals surface area contributed by atoms with Crippen molar-refractivity contribution in [1.29, 1.82) is 0 Å². The normalized spacial score (nSPS) is 19.5. The van der Waals surface area contributed by atoms with Crippen LogP contribution in [0.15, 0.2) is 53.8 Å². The second-order valence-corrected chi connectivity index (χ2v) is 10.8. The van der Waals surface area contributed by atoms with Gasteiger partial charge in [0.15, 0.2) is 6.29 Å². The van der Waals surface area contributed by atoms with Gasteiger partial charge in [-0.3, -0.25) is 4.79 Å². The van der Waals surface area contributed by atoms with Gasteiger partial charge >= 0.3 is 0 Å². The molecule has 0 bridgehead atoms. The third kappa shape index (κ3) is 8.18. The molecular weight excluding hydrogens is 514 g/mol. The molecule has 2 fully saturated rings. The van der Waals surface area contributed by atoms with E-state index in [9.17, 15) is 4.79 Å². The molecule has 2 saturated heterocycles. The summed E-state index contributed by atoms with van der Waals surface area (Å²) in [5, 5.41) is 5.75. The number of piperidine rings is 1. The van der Waals surface area contributed by atoms with E-state index in [0.29, 0.717) is 18.1 Å². The van der Waals surface area contributed by atoms with Gasteiger partial charge in [-0.2, -0.15) is 0 Å². The van der Waals surface area contributed by atoms with Gasteiger partial charge in [0.2, 0.25) is 0 Å². The lowest BCUT2D eigenvalue weighted by Crippen LogP contribution is -2.39. The van der Waals surface area contributed by atoms with E-state index < -0.39 is 6.29 Å². The molecular formula is C30H42ClN5O3. The number of amides is 1. The molecule has 0 aliphatic carbocycles. The Bertz CT molecular complexity index is 1180. The molecule has 212 valence electrons. The number of carbonyl (C=O) groups excluding carboxylic acids is 1. The Morgan fingerprint density at radius 1 is 1.28 bits per heavy atom. The number of fused-ring (bicyclic) bond motifs is 1. The number of hydroxylamine groups is 1. The predicted molar refractivity (Wildman–Crippen MR) is 157 cm³/mol. The number of nitrogens with zero attached hydrogens (tertiary/aromatic N) is 3. The summed E-state index contributed by atoms with van der Waals surface area (Å²) in [7, 11) is 0. The summed E-state index contributed by atoms with van der Waals surface area (Å²) < 4.78 is 7.79. The fourth-order valence-electron chi connectivity index (χ4n) is 5.21. The maximum atomic E-state index is 12.4. The van der Waals surface area contributed by atoms with Crippen LogP contribution in [0.2, 0.25) is 5.02 Å². The molecule has 9 heteroatoms. The Kier molecular flexibility index (Phi) is 11.0. The van der Waals surface area contributed by atoms with Crippen molar-refractivity contribution in [2.75, 3.05) is 26.2 Å². The first-order valence-corrected chi connectivity index (χ1v) is 14.5. The van der Waals surface area contributed by atoms with Gasteiger partial charge in [0.1, 0.15) is 5.84 Å². The number of hydrogen-bond donors (Lipinski definition) is 2. The van der Waals surface area contributed by atoms with Crippen LogP contribution in [-0.4, -0.2) is 53.7 Å². The van der Waals surface area contributed by atoms with Gasteiger partial charge in [-0.1, -0.05) is 37.2 Å². The van der Waals surface area contributed by atoms with E-state index >= 15 is 0 Å². The van der Waals surface area contributed by atoms with E-state index in [1.807, 2.05) is 13.0 Å². The molecule has 2 aromatic rings. The Morgan fingerprint density at radius 3 is 2.82 bits per heavy atom. The summed E-state index contributed by atoms with van der Waals surface area (Å²) in [6.45, 7) is 13.3. The molecule has 8 nitrogen and oxygen atoms in total. The fourth-order valence-corrected chi connectivity index (χ4v) is 5.38. The van der Waals surface area contributed by atoms with Gasteiger partial charge < -0.3 is 19.5 Å². The van der Waals surface area contributed by atoms with Crippen molar-refractivity contribution >= 4 is 34.2 Å². The molecule has 2 aliphatic rings. The van der Waals surface area contributed by atoms with E-state index in [4.69, 9.17) is 21.2 Å². The predicted octanol–water partition coefficient (Wildman–Crippen LogP) is 5.57. The third-order valence-electron chi connectivity index (χ3n) is 7.51. The fraction of sp³-hybridized carbons (Fsp3) is 0.533. The van der Waals surface area contributed by atoms with Crippen LogP contribution in [0.25, 0.3) is 10.9 Å². The molecule has 1 unspecified atom stereocenters. The first kappa shape index (κ1) is 29.3. The zero-order chi connectivity index (χ0) is 27.6. The van der Waals surface area contributed by atoms with Crippen LogP contribution < -0.4 is 10.8 Å². The Labute approximate surface area is 237 Å². The van der Waals surface area contributed by atoms with Crippen LogP contribution in [0.5, 0.6) is 0 Å². The summed E-state index contributed by atoms with van der Waals surface area (Å²) >= 11 is 6.26. The average Bonchev–Trinajstić information content (AvgIpc) is 3.29. The number of aliphatic imine (C=N–C) groups is 1. The number of rotatable bonds is 11. The minimum absolute atomic E-state index is 0.354. The molecule has 3 heterocycles. The van der Waals surface area contributed by atoms with Crippen molar-refractivity contribution in [3.8, 4) is 0 Å². The van der Waals surface area contributed by atoms with Crippen LogP contribution in [0, 0.1) is 5.92 Å². The second-order valence-electron chi connectivity index (χ2n) is 10.4. The van der Waals surface area contributed by atoms with E-state index in [1.165, 1.54) is 22.5 Å². The summed E-state index contributed by atoms with van der Waals surface area (Å²) in [6, 6.07) is 6.17. The SMILES string of the molecule is C=C/C(=C\N=C(C)N1CCC(CNCc2cn(CCC)c3cc(Cl)ccc23)CC1)C(=O)NOC1CCCCO1. The number of aryl methyl sites for hydroxylation is 1. The number of amidine groups is 1. The number of nitrogens with one attached hydrogen (secondary N) is 2. The standard InChI is InChI=1S/C30H42ClN5O3/c1-4-13-36-21-25(27-10-9-26(31)17-28(27)36)19-32-18-23-11-14-35(15-12-23)22(3)33-20-24(5-2)30(37)34-39-29-8-6-7-16-38-29/h5,9-10,17,20-21,23,29,32H,2,4,6-8,11-16,18-19H2,1,3H3,(H,34,37)/b24-20+,33-22?. The van der Waals surface area contributed by atoms with E-state index in [-0.39, 0.29) is 5.91 Å². The average molecular weight is 556 g/mol. The number of carbonyl (C=O) groups is 1. The van der Waals surface area contributed by atoms with Gasteiger partial charge in [0, 0.05) is 67.5 Å². The summed E-state index contributed by atoms with van der Waals surface area (Å²) in [5.41, 5.74) is 5.35. The Morgan fingerprint density at radius 2 is 2.10 bits per heavy atom. The number of ether oxygens (including phenoxy) is 1. The maximum Gasteiger partial charge on any atom is 0.276 e. The lowest BCUT2D eigenvalue weighted by molar-refractivity contribution is -0.198. The molecule has 2 N–H and O–H groups in total. The molecule has 2 aliphatic heterocycles. The van der Waals surface area contributed by atoms with Crippen molar-refractivity contribution < 1.29 is 14.4 Å². The molecule has 1 aromatic carbocycles. The molecule has 4 rings (SSSR count). The molecule has 0 spiro atoms. The van der Waals surface area contributed by atoms with Gasteiger partial charge in [-0.15, -0.1) is 0 Å². The van der Waals surface area contributed by atoms with Crippen LogP contribution in [0.1, 0.15) is 57.9 Å². The lowest BCUT2D eigenvalue weighted by Gasteiger charge is -2.33. The molecule has 39 heavy (non-hydrogen) atoms. The van der Waals surface area contributed by atoms with Gasteiger partial charge in [-0.05, 0) is 69.2 Å². The number of likely N-dealkylation sites (tertiary alicyclic amines) is 1. The highest BCUT2D eigenvalue weighted by Crippen LogP contribution is 2.25. The highest BCUT2D eigenvalue weighted by molar-refractivity contribution is 6.31. The highest BCUT2D eigenvalue weighted by Gasteiger charge is 2.20. The molecule has 1 aromatic heterocycles. The van der Waals surface area contributed by atoms with Crippen LogP contribution in [0.3, 0.4) is 0 Å². The number of aromatic nitrogens is 1. The first-order chi connectivity index (χ1) is 19.0. The van der Waals surface area contributed by atoms with Crippen molar-refractivity contribution in [3.63, 3.8) is 0 Å². The van der Waals surface area contributed by atoms with E-state index in [0.717, 1.165) is 82.1 Å². The number of benzene rings is 1.